The molecule has 0 amide bonds. The predicted octanol–water partition coefficient (Wildman–Crippen LogP) is 2.56. The predicted molar refractivity (Wildman–Crippen MR) is 99.4 cm³/mol. The molecule has 0 aliphatic heterocycles. The summed E-state index contributed by atoms with van der Waals surface area (Å²) >= 11 is 1.86. The van der Waals surface area contributed by atoms with Crippen LogP contribution in [-0.2, 0) is 19.5 Å². The normalized spacial score (nSPS) is 10.9. The van der Waals surface area contributed by atoms with Gasteiger partial charge < -0.3 is 20.3 Å². The molecule has 1 aromatic carbocycles. The van der Waals surface area contributed by atoms with Gasteiger partial charge in [0.25, 0.3) is 10.1 Å². The molecule has 0 fully saturated rings. The molecule has 2 heterocycles. The van der Waals surface area contributed by atoms with E-state index in [0.29, 0.717) is 25.3 Å². The smallest absolute Gasteiger partial charge is 0.255 e. The Bertz CT molecular complexity index is 823. The van der Waals surface area contributed by atoms with Gasteiger partial charge in [-0.3, -0.25) is 0 Å². The SMILES string of the molecule is [O-][n+]1ccccc1SC(O)(COc1ccccc1)Sc1cccc[n+]1[O-].[Zn]. The molecule has 0 atom stereocenters. The maximum atomic E-state index is 12.0. The molecule has 0 aliphatic carbocycles. The van der Waals surface area contributed by atoms with Crippen LogP contribution in [-0.4, -0.2) is 16.0 Å². The van der Waals surface area contributed by atoms with Gasteiger partial charge in [0.2, 0.25) is 4.27 Å². The summed E-state index contributed by atoms with van der Waals surface area (Å²) in [6.45, 7) is -0.129. The van der Waals surface area contributed by atoms with Crippen LogP contribution < -0.4 is 14.2 Å². The summed E-state index contributed by atoms with van der Waals surface area (Å²) in [5, 5.41) is 35.6. The van der Waals surface area contributed by atoms with Gasteiger partial charge in [-0.2, -0.15) is 9.46 Å². The van der Waals surface area contributed by atoms with Crippen molar-refractivity contribution in [3.8, 4) is 5.75 Å². The molecule has 1 N–H and O–H groups in total. The third-order valence-corrected chi connectivity index (χ3v) is 5.69. The van der Waals surface area contributed by atoms with Crippen LogP contribution in [0.15, 0.2) is 89.2 Å². The monoisotopic (exact) mass is 452 g/mol. The summed E-state index contributed by atoms with van der Waals surface area (Å²) in [6.07, 6.45) is 2.70. The number of nitrogens with zero attached hydrogens (tertiary/aromatic N) is 2. The molecule has 9 heteroatoms. The Labute approximate surface area is 178 Å². The van der Waals surface area contributed by atoms with E-state index in [-0.39, 0.29) is 26.1 Å². The van der Waals surface area contributed by atoms with Crippen molar-refractivity contribution < 1.29 is 38.8 Å². The Kier molecular flexibility index (Phi) is 7.92. The quantitative estimate of drug-likeness (QED) is 0.195. The molecule has 27 heavy (non-hydrogen) atoms. The number of aliphatic hydroxyl groups is 1. The molecule has 0 spiro atoms. The molecule has 2 aromatic heterocycles. The van der Waals surface area contributed by atoms with Crippen molar-refractivity contribution in [2.24, 2.45) is 0 Å². The molecular weight excluding hydrogens is 438 g/mol. The van der Waals surface area contributed by atoms with Gasteiger partial charge in [0.05, 0.1) is 0 Å². The second kappa shape index (κ2) is 9.94. The van der Waals surface area contributed by atoms with E-state index in [1.54, 1.807) is 48.5 Å². The average molecular weight is 454 g/mol. The van der Waals surface area contributed by atoms with E-state index in [0.717, 1.165) is 23.5 Å². The maximum Gasteiger partial charge on any atom is 0.255 e. The van der Waals surface area contributed by atoms with Gasteiger partial charge in [0.1, 0.15) is 12.4 Å². The molecule has 0 bridgehead atoms. The Morgan fingerprint density at radius 1 is 0.815 bits per heavy atom. The van der Waals surface area contributed by atoms with E-state index in [1.165, 1.54) is 12.4 Å². The number of rotatable bonds is 7. The van der Waals surface area contributed by atoms with Gasteiger partial charge in [-0.15, -0.1) is 0 Å². The fraction of sp³-hybridized carbons (Fsp3) is 0.111. The molecule has 3 rings (SSSR count). The molecule has 0 unspecified atom stereocenters. The van der Waals surface area contributed by atoms with Gasteiger partial charge in [0.15, 0.2) is 12.4 Å². The fourth-order valence-electron chi connectivity index (χ4n) is 2.08. The standard InChI is InChI=1S/C18H16N2O4S2.Zn/c21-18(14-24-15-8-2-1-3-9-15,25-16-10-4-6-12-19(16)22)26-17-11-5-7-13-20(17)23;/h1-13,21H,14H2;. The van der Waals surface area contributed by atoms with Crippen LogP contribution >= 0.6 is 23.5 Å². The van der Waals surface area contributed by atoms with E-state index < -0.39 is 4.27 Å². The minimum atomic E-state index is -1.59. The number of hydrogen-bond acceptors (Lipinski definition) is 6. The number of thioether (sulfide) groups is 2. The Hall–Kier alpha value is -1.80. The van der Waals surface area contributed by atoms with Gasteiger partial charge in [-0.1, -0.05) is 18.2 Å². The van der Waals surface area contributed by atoms with Crippen LogP contribution in [0.1, 0.15) is 0 Å². The van der Waals surface area contributed by atoms with Crippen molar-refractivity contribution >= 4 is 23.5 Å². The first-order valence-corrected chi connectivity index (χ1v) is 9.34. The first kappa shape index (κ1) is 21.5. The van der Waals surface area contributed by atoms with Crippen molar-refractivity contribution in [1.82, 2.24) is 0 Å². The maximum absolute atomic E-state index is 12.0. The summed E-state index contributed by atoms with van der Waals surface area (Å²) < 4.78 is 5.42. The largest absolute Gasteiger partial charge is 0.618 e. The molecule has 136 valence electrons. The fourth-order valence-corrected chi connectivity index (χ4v) is 4.24. The zero-order valence-corrected chi connectivity index (χ0v) is 18.9. The third kappa shape index (κ3) is 6.11. The van der Waals surface area contributed by atoms with Crippen LogP contribution in [0, 0.1) is 10.4 Å². The van der Waals surface area contributed by atoms with Gasteiger partial charge in [-0.05, 0) is 47.8 Å². The molecular formula is C18H16N2O4S2Zn. The number of ether oxygens (including phenoxy) is 1. The second-order valence-electron chi connectivity index (χ2n) is 5.25. The van der Waals surface area contributed by atoms with E-state index in [2.05, 4.69) is 0 Å². The van der Waals surface area contributed by atoms with Crippen LogP contribution in [0.2, 0.25) is 0 Å². The van der Waals surface area contributed by atoms with E-state index >= 15 is 0 Å². The second-order valence-corrected chi connectivity index (χ2v) is 8.10. The summed E-state index contributed by atoms with van der Waals surface area (Å²) in [5.41, 5.74) is 0. The zero-order valence-electron chi connectivity index (χ0n) is 14.3. The topological polar surface area (TPSA) is 83.3 Å². The number of benzene rings is 1. The Balaban J connectivity index is 0.00000261. The van der Waals surface area contributed by atoms with Crippen molar-refractivity contribution in [2.45, 2.75) is 14.3 Å². The molecule has 3 aromatic rings. The van der Waals surface area contributed by atoms with Crippen LogP contribution in [0.25, 0.3) is 0 Å². The summed E-state index contributed by atoms with van der Waals surface area (Å²) in [5.74, 6) is 0.582. The van der Waals surface area contributed by atoms with Crippen molar-refractivity contribution in [3.63, 3.8) is 0 Å². The van der Waals surface area contributed by atoms with Gasteiger partial charge in [0, 0.05) is 43.7 Å². The minimum Gasteiger partial charge on any atom is -0.618 e. The van der Waals surface area contributed by atoms with Crippen LogP contribution in [0.5, 0.6) is 5.75 Å². The Morgan fingerprint density at radius 3 is 1.78 bits per heavy atom. The first-order valence-electron chi connectivity index (χ1n) is 7.70. The summed E-state index contributed by atoms with van der Waals surface area (Å²) in [6, 6.07) is 18.8. The summed E-state index contributed by atoms with van der Waals surface area (Å²) in [7, 11) is 0. The Morgan fingerprint density at radius 2 is 1.30 bits per heavy atom. The zero-order chi connectivity index (χ0) is 18.4. The van der Waals surface area contributed by atoms with E-state index in [4.69, 9.17) is 4.74 Å². The van der Waals surface area contributed by atoms with E-state index in [9.17, 15) is 15.5 Å². The average Bonchev–Trinajstić information content (AvgIpc) is 2.65. The molecule has 0 radical (unpaired) electrons. The van der Waals surface area contributed by atoms with E-state index in [1.807, 2.05) is 18.2 Å². The van der Waals surface area contributed by atoms with Gasteiger partial charge >= 0.3 is 0 Å². The molecule has 0 saturated carbocycles. The van der Waals surface area contributed by atoms with Crippen molar-refractivity contribution in [3.05, 3.63) is 89.5 Å². The number of hydrogen-bond donors (Lipinski definition) is 1. The van der Waals surface area contributed by atoms with Crippen molar-refractivity contribution in [2.75, 3.05) is 6.61 Å². The third-order valence-electron chi connectivity index (χ3n) is 3.27. The molecule has 0 aliphatic rings. The number of pyridine rings is 2. The van der Waals surface area contributed by atoms with Crippen LogP contribution in [0.3, 0.4) is 0 Å². The number of para-hydroxylation sites is 1. The van der Waals surface area contributed by atoms with Crippen LogP contribution in [0.4, 0.5) is 0 Å². The van der Waals surface area contributed by atoms with Gasteiger partial charge in [-0.25, -0.2) is 0 Å². The summed E-state index contributed by atoms with van der Waals surface area (Å²) in [4.78, 5) is 0. The molecule has 6 nitrogen and oxygen atoms in total. The molecule has 0 saturated heterocycles. The minimum absolute atomic E-state index is 0. The number of aromatic nitrogens is 2. The first-order chi connectivity index (χ1) is 12.6. The van der Waals surface area contributed by atoms with Crippen molar-refractivity contribution in [1.29, 1.82) is 0 Å².